The number of Topliss-reactive ketones (excluding diaryl/α,β-unsaturated/α-hetero) is 1. The van der Waals surface area contributed by atoms with Crippen LogP contribution in [0.1, 0.15) is 39.5 Å². The van der Waals surface area contributed by atoms with Crippen molar-refractivity contribution in [3.63, 3.8) is 0 Å². The molecular formula is C11H19NO. The molecule has 0 amide bonds. The highest BCUT2D eigenvalue weighted by molar-refractivity contribution is 5.78. The SMILES string of the molecule is CC#CCCC(=O)CCC(C)CN. The molecule has 0 saturated heterocycles. The van der Waals surface area contributed by atoms with Gasteiger partial charge in [0, 0.05) is 19.3 Å². The number of carbonyl (C=O) groups is 1. The minimum absolute atomic E-state index is 0.308. The van der Waals surface area contributed by atoms with Gasteiger partial charge in [-0.05, 0) is 25.8 Å². The lowest BCUT2D eigenvalue weighted by Gasteiger charge is -2.05. The minimum Gasteiger partial charge on any atom is -0.330 e. The molecule has 2 nitrogen and oxygen atoms in total. The van der Waals surface area contributed by atoms with Gasteiger partial charge in [-0.25, -0.2) is 0 Å². The summed E-state index contributed by atoms with van der Waals surface area (Å²) in [5.41, 5.74) is 5.45. The van der Waals surface area contributed by atoms with Crippen molar-refractivity contribution in [1.29, 1.82) is 0 Å². The number of ketones is 1. The van der Waals surface area contributed by atoms with Crippen molar-refractivity contribution < 1.29 is 4.79 Å². The summed E-state index contributed by atoms with van der Waals surface area (Å²) >= 11 is 0. The average Bonchev–Trinajstić information content (AvgIpc) is 2.14. The third-order valence-corrected chi connectivity index (χ3v) is 2.02. The van der Waals surface area contributed by atoms with Crippen LogP contribution in [0.5, 0.6) is 0 Å². The number of rotatable bonds is 6. The molecule has 0 aromatic rings. The second-order valence-electron chi connectivity index (χ2n) is 3.35. The van der Waals surface area contributed by atoms with E-state index < -0.39 is 0 Å². The van der Waals surface area contributed by atoms with Gasteiger partial charge in [0.2, 0.25) is 0 Å². The molecular weight excluding hydrogens is 162 g/mol. The van der Waals surface area contributed by atoms with E-state index in [2.05, 4.69) is 18.8 Å². The summed E-state index contributed by atoms with van der Waals surface area (Å²) in [7, 11) is 0. The number of hydrogen-bond acceptors (Lipinski definition) is 2. The molecule has 0 aliphatic rings. The quantitative estimate of drug-likeness (QED) is 0.634. The number of nitrogens with two attached hydrogens (primary N) is 1. The highest BCUT2D eigenvalue weighted by Crippen LogP contribution is 2.05. The number of carbonyl (C=O) groups excluding carboxylic acids is 1. The topological polar surface area (TPSA) is 43.1 Å². The van der Waals surface area contributed by atoms with Gasteiger partial charge in [0.1, 0.15) is 5.78 Å². The Kier molecular flexibility index (Phi) is 7.33. The van der Waals surface area contributed by atoms with Gasteiger partial charge < -0.3 is 5.73 Å². The Morgan fingerprint density at radius 1 is 1.46 bits per heavy atom. The second-order valence-corrected chi connectivity index (χ2v) is 3.35. The van der Waals surface area contributed by atoms with Gasteiger partial charge in [-0.1, -0.05) is 6.92 Å². The lowest BCUT2D eigenvalue weighted by Crippen LogP contribution is -2.12. The molecule has 0 heterocycles. The van der Waals surface area contributed by atoms with E-state index in [1.807, 2.05) is 0 Å². The van der Waals surface area contributed by atoms with Crippen molar-refractivity contribution in [2.75, 3.05) is 6.54 Å². The van der Waals surface area contributed by atoms with Gasteiger partial charge in [-0.15, -0.1) is 11.8 Å². The summed E-state index contributed by atoms with van der Waals surface area (Å²) < 4.78 is 0. The van der Waals surface area contributed by atoms with Crippen LogP contribution in [-0.4, -0.2) is 12.3 Å². The van der Waals surface area contributed by atoms with E-state index in [9.17, 15) is 4.79 Å². The normalized spacial score (nSPS) is 11.6. The molecule has 0 rings (SSSR count). The van der Waals surface area contributed by atoms with E-state index >= 15 is 0 Å². The highest BCUT2D eigenvalue weighted by Gasteiger charge is 2.04. The average molecular weight is 181 g/mol. The van der Waals surface area contributed by atoms with Crippen molar-refractivity contribution in [3.05, 3.63) is 0 Å². The minimum atomic E-state index is 0.308. The van der Waals surface area contributed by atoms with Gasteiger partial charge in [0.25, 0.3) is 0 Å². The first kappa shape index (κ1) is 12.2. The summed E-state index contributed by atoms with van der Waals surface area (Å²) in [6, 6.07) is 0. The van der Waals surface area contributed by atoms with Crippen molar-refractivity contribution >= 4 is 5.78 Å². The lowest BCUT2D eigenvalue weighted by molar-refractivity contribution is -0.119. The molecule has 0 aromatic carbocycles. The maximum Gasteiger partial charge on any atom is 0.133 e. The lowest BCUT2D eigenvalue weighted by atomic mass is 10.0. The first-order valence-electron chi connectivity index (χ1n) is 4.82. The van der Waals surface area contributed by atoms with Crippen LogP contribution in [0.15, 0.2) is 0 Å². The summed E-state index contributed by atoms with van der Waals surface area (Å²) in [5, 5.41) is 0. The molecule has 0 aliphatic heterocycles. The van der Waals surface area contributed by atoms with Gasteiger partial charge >= 0.3 is 0 Å². The van der Waals surface area contributed by atoms with Gasteiger partial charge in [0.15, 0.2) is 0 Å². The largest absolute Gasteiger partial charge is 0.330 e. The molecule has 2 N–H and O–H groups in total. The predicted octanol–water partition coefficient (Wildman–Crippen LogP) is 1.73. The molecule has 2 heteroatoms. The first-order chi connectivity index (χ1) is 6.20. The van der Waals surface area contributed by atoms with Gasteiger partial charge in [0.05, 0.1) is 0 Å². The Labute approximate surface area is 80.9 Å². The van der Waals surface area contributed by atoms with Crippen LogP contribution in [-0.2, 0) is 4.79 Å². The van der Waals surface area contributed by atoms with E-state index in [1.165, 1.54) is 0 Å². The van der Waals surface area contributed by atoms with Crippen LogP contribution in [0.4, 0.5) is 0 Å². The Bertz CT molecular complexity index is 200. The zero-order chi connectivity index (χ0) is 10.1. The highest BCUT2D eigenvalue weighted by atomic mass is 16.1. The third kappa shape index (κ3) is 7.55. The fourth-order valence-corrected chi connectivity index (χ4v) is 0.977. The van der Waals surface area contributed by atoms with Crippen molar-refractivity contribution in [2.45, 2.75) is 39.5 Å². The second kappa shape index (κ2) is 7.82. The Balaban J connectivity index is 3.44. The van der Waals surface area contributed by atoms with E-state index in [4.69, 9.17) is 5.73 Å². The smallest absolute Gasteiger partial charge is 0.133 e. The van der Waals surface area contributed by atoms with Gasteiger partial charge in [-0.3, -0.25) is 4.79 Å². The standard InChI is InChI=1S/C11H19NO/c1-3-4-5-6-11(13)8-7-10(2)9-12/h10H,5-9,12H2,1-2H3. The van der Waals surface area contributed by atoms with Crippen LogP contribution < -0.4 is 5.73 Å². The Morgan fingerprint density at radius 2 is 2.15 bits per heavy atom. The molecule has 13 heavy (non-hydrogen) atoms. The van der Waals surface area contributed by atoms with Crippen LogP contribution in [0.25, 0.3) is 0 Å². The molecule has 0 radical (unpaired) electrons. The van der Waals surface area contributed by atoms with E-state index in [-0.39, 0.29) is 0 Å². The van der Waals surface area contributed by atoms with Crippen LogP contribution in [0, 0.1) is 17.8 Å². The Hall–Kier alpha value is -0.810. The molecule has 0 spiro atoms. The van der Waals surface area contributed by atoms with Crippen molar-refractivity contribution in [1.82, 2.24) is 0 Å². The monoisotopic (exact) mass is 181 g/mol. The molecule has 74 valence electrons. The first-order valence-corrected chi connectivity index (χ1v) is 4.82. The zero-order valence-electron chi connectivity index (χ0n) is 8.60. The predicted molar refractivity (Wildman–Crippen MR) is 55.1 cm³/mol. The molecule has 0 aliphatic carbocycles. The molecule has 0 saturated carbocycles. The van der Waals surface area contributed by atoms with Crippen LogP contribution >= 0.6 is 0 Å². The van der Waals surface area contributed by atoms with Crippen LogP contribution in [0.2, 0.25) is 0 Å². The molecule has 0 fully saturated rings. The number of hydrogen-bond donors (Lipinski definition) is 1. The fraction of sp³-hybridized carbons (Fsp3) is 0.727. The maximum absolute atomic E-state index is 11.2. The molecule has 0 aromatic heterocycles. The van der Waals surface area contributed by atoms with E-state index in [1.54, 1.807) is 6.92 Å². The third-order valence-electron chi connectivity index (χ3n) is 2.02. The van der Waals surface area contributed by atoms with Crippen molar-refractivity contribution in [3.8, 4) is 11.8 Å². The van der Waals surface area contributed by atoms with Crippen molar-refractivity contribution in [2.24, 2.45) is 11.7 Å². The Morgan fingerprint density at radius 3 is 2.69 bits per heavy atom. The summed E-state index contributed by atoms with van der Waals surface area (Å²) in [5.74, 6) is 6.43. The zero-order valence-corrected chi connectivity index (χ0v) is 8.60. The van der Waals surface area contributed by atoms with E-state index in [0.717, 1.165) is 6.42 Å². The van der Waals surface area contributed by atoms with Gasteiger partial charge in [-0.2, -0.15) is 0 Å². The molecule has 1 atom stereocenters. The van der Waals surface area contributed by atoms with Crippen LogP contribution in [0.3, 0.4) is 0 Å². The summed E-state index contributed by atoms with van der Waals surface area (Å²) in [6.07, 6.45) is 2.86. The molecule has 0 bridgehead atoms. The fourth-order valence-electron chi connectivity index (χ4n) is 0.977. The summed E-state index contributed by atoms with van der Waals surface area (Å²) in [6.45, 7) is 4.53. The van der Waals surface area contributed by atoms with E-state index in [0.29, 0.717) is 37.5 Å². The molecule has 1 unspecified atom stereocenters. The summed E-state index contributed by atoms with van der Waals surface area (Å²) in [4.78, 5) is 11.2. The maximum atomic E-state index is 11.2.